The van der Waals surface area contributed by atoms with Crippen LogP contribution < -0.4 is 0 Å². The van der Waals surface area contributed by atoms with E-state index in [4.69, 9.17) is 4.74 Å². The normalized spacial score (nSPS) is 52.3. The summed E-state index contributed by atoms with van der Waals surface area (Å²) in [4.78, 5) is 0. The van der Waals surface area contributed by atoms with E-state index in [2.05, 4.69) is 0 Å². The van der Waals surface area contributed by atoms with Crippen molar-refractivity contribution in [3.8, 4) is 0 Å². The molecule has 82 valence electrons. The molecule has 0 saturated carbocycles. The van der Waals surface area contributed by atoms with Crippen LogP contribution in [0.1, 0.15) is 32.6 Å². The molecule has 2 bridgehead atoms. The summed E-state index contributed by atoms with van der Waals surface area (Å²) < 4.78 is 5.75. The van der Waals surface area contributed by atoms with Gasteiger partial charge >= 0.3 is 0 Å². The number of ether oxygens (including phenoxy) is 1. The first-order valence-corrected chi connectivity index (χ1v) is 5.09. The van der Waals surface area contributed by atoms with E-state index in [0.29, 0.717) is 12.8 Å². The molecule has 2 rings (SSSR count). The predicted molar refractivity (Wildman–Crippen MR) is 49.8 cm³/mol. The summed E-state index contributed by atoms with van der Waals surface area (Å²) in [5.74, 6) is 0. The summed E-state index contributed by atoms with van der Waals surface area (Å²) in [5.41, 5.74) is -2.07. The van der Waals surface area contributed by atoms with Gasteiger partial charge in [-0.2, -0.15) is 0 Å². The average molecular weight is 202 g/mol. The second kappa shape index (κ2) is 2.92. The summed E-state index contributed by atoms with van der Waals surface area (Å²) in [7, 11) is 0. The summed E-state index contributed by atoms with van der Waals surface area (Å²) >= 11 is 0. The fourth-order valence-electron chi connectivity index (χ4n) is 3.05. The first-order valence-electron chi connectivity index (χ1n) is 5.09. The molecule has 0 radical (unpaired) electrons. The van der Waals surface area contributed by atoms with Crippen LogP contribution in [-0.4, -0.2) is 45.3 Å². The Labute approximate surface area is 83.5 Å². The van der Waals surface area contributed by atoms with Crippen LogP contribution in [0.25, 0.3) is 0 Å². The molecule has 0 amide bonds. The second-order valence-corrected chi connectivity index (χ2v) is 5.13. The minimum Gasteiger partial charge on any atom is -0.393 e. The minimum atomic E-state index is -0.833. The molecule has 2 saturated heterocycles. The Balaban J connectivity index is 2.27. The number of aliphatic hydroxyl groups excluding tert-OH is 2. The van der Waals surface area contributed by atoms with Crippen LogP contribution in [0.15, 0.2) is 0 Å². The third-order valence-corrected chi connectivity index (χ3v) is 3.45. The van der Waals surface area contributed by atoms with E-state index in [-0.39, 0.29) is 13.2 Å². The Morgan fingerprint density at radius 3 is 1.86 bits per heavy atom. The Kier molecular flexibility index (Phi) is 2.16. The van der Waals surface area contributed by atoms with Gasteiger partial charge in [0.15, 0.2) is 0 Å². The van der Waals surface area contributed by atoms with E-state index in [1.54, 1.807) is 6.92 Å². The Morgan fingerprint density at radius 2 is 1.50 bits per heavy atom. The number of hydrogen-bond donors (Lipinski definition) is 3. The molecule has 1 unspecified atom stereocenters. The van der Waals surface area contributed by atoms with Crippen molar-refractivity contribution >= 4 is 0 Å². The predicted octanol–water partition coefficient (Wildman–Crippen LogP) is -0.196. The molecule has 0 aromatic carbocycles. The van der Waals surface area contributed by atoms with Crippen molar-refractivity contribution in [2.75, 3.05) is 13.2 Å². The molecular weight excluding hydrogens is 184 g/mol. The third-order valence-electron chi connectivity index (χ3n) is 3.45. The van der Waals surface area contributed by atoms with E-state index >= 15 is 0 Å². The zero-order valence-corrected chi connectivity index (χ0v) is 8.49. The van der Waals surface area contributed by atoms with Crippen LogP contribution in [0.4, 0.5) is 0 Å². The average Bonchev–Trinajstić information content (AvgIpc) is 2.40. The Bertz CT molecular complexity index is 218. The monoisotopic (exact) mass is 202 g/mol. The van der Waals surface area contributed by atoms with Crippen molar-refractivity contribution in [3.05, 3.63) is 0 Å². The van der Waals surface area contributed by atoms with Crippen LogP contribution in [-0.2, 0) is 4.74 Å². The fraction of sp³-hybridized carbons (Fsp3) is 1.00. The molecular formula is C10H18O4. The Hall–Kier alpha value is -0.160. The maximum absolute atomic E-state index is 10.0. The highest BCUT2D eigenvalue weighted by atomic mass is 16.6. The van der Waals surface area contributed by atoms with Gasteiger partial charge in [0.05, 0.1) is 30.0 Å². The lowest BCUT2D eigenvalue weighted by molar-refractivity contribution is -0.223. The van der Waals surface area contributed by atoms with E-state index in [1.807, 2.05) is 0 Å². The first kappa shape index (κ1) is 10.4. The lowest BCUT2D eigenvalue weighted by Gasteiger charge is -2.45. The summed E-state index contributed by atoms with van der Waals surface area (Å²) in [5, 5.41) is 28.6. The van der Waals surface area contributed by atoms with Gasteiger partial charge in [0.1, 0.15) is 0 Å². The minimum absolute atomic E-state index is 0.0785. The number of aliphatic hydroxyl groups is 3. The molecule has 3 N–H and O–H groups in total. The highest BCUT2D eigenvalue weighted by Crippen LogP contribution is 2.51. The van der Waals surface area contributed by atoms with Crippen molar-refractivity contribution in [3.63, 3.8) is 0 Å². The topological polar surface area (TPSA) is 69.9 Å². The Morgan fingerprint density at radius 1 is 1.07 bits per heavy atom. The molecule has 2 fully saturated rings. The largest absolute Gasteiger partial charge is 0.393 e. The fourth-order valence-corrected chi connectivity index (χ4v) is 3.05. The van der Waals surface area contributed by atoms with Crippen molar-refractivity contribution in [1.29, 1.82) is 0 Å². The smallest absolute Gasteiger partial charge is 0.0949 e. The van der Waals surface area contributed by atoms with Gasteiger partial charge in [-0.25, -0.2) is 0 Å². The van der Waals surface area contributed by atoms with Gasteiger partial charge < -0.3 is 20.1 Å². The molecule has 3 atom stereocenters. The molecule has 0 spiro atoms. The number of hydrogen-bond acceptors (Lipinski definition) is 4. The number of fused-ring (bicyclic) bond motifs is 2. The SMILES string of the molecule is CC1(O)C[C@]2(CO)CC[C@](CO)(C1)O2. The van der Waals surface area contributed by atoms with Gasteiger partial charge in [0.2, 0.25) is 0 Å². The molecule has 4 nitrogen and oxygen atoms in total. The van der Waals surface area contributed by atoms with E-state index in [0.717, 1.165) is 12.8 Å². The lowest BCUT2D eigenvalue weighted by atomic mass is 9.81. The second-order valence-electron chi connectivity index (χ2n) is 5.13. The number of rotatable bonds is 2. The summed E-state index contributed by atoms with van der Waals surface area (Å²) in [6.07, 6.45) is 2.36. The van der Waals surface area contributed by atoms with Crippen molar-refractivity contribution in [2.45, 2.75) is 49.4 Å². The van der Waals surface area contributed by atoms with Gasteiger partial charge in [-0.05, 0) is 19.8 Å². The van der Waals surface area contributed by atoms with Gasteiger partial charge in [0, 0.05) is 12.8 Å². The molecule has 14 heavy (non-hydrogen) atoms. The van der Waals surface area contributed by atoms with Gasteiger partial charge in [-0.3, -0.25) is 0 Å². The van der Waals surface area contributed by atoms with E-state index < -0.39 is 16.8 Å². The highest BCUT2D eigenvalue weighted by Gasteiger charge is 2.58. The van der Waals surface area contributed by atoms with Gasteiger partial charge in [0.25, 0.3) is 0 Å². The summed E-state index contributed by atoms with van der Waals surface area (Å²) in [6.45, 7) is 1.59. The van der Waals surface area contributed by atoms with E-state index in [1.165, 1.54) is 0 Å². The third kappa shape index (κ3) is 1.46. The molecule has 0 aromatic heterocycles. The van der Waals surface area contributed by atoms with Crippen LogP contribution in [0, 0.1) is 0 Å². The lowest BCUT2D eigenvalue weighted by Crippen LogP contribution is -2.54. The molecule has 2 aliphatic heterocycles. The highest BCUT2D eigenvalue weighted by molar-refractivity contribution is 5.08. The quantitative estimate of drug-likeness (QED) is 0.580. The summed E-state index contributed by atoms with van der Waals surface area (Å²) in [6, 6.07) is 0. The zero-order chi connectivity index (χ0) is 10.4. The molecule has 2 heterocycles. The van der Waals surface area contributed by atoms with Crippen molar-refractivity contribution < 1.29 is 20.1 Å². The van der Waals surface area contributed by atoms with Crippen LogP contribution in [0.2, 0.25) is 0 Å². The molecule has 0 aliphatic carbocycles. The standard InChI is InChI=1S/C10H18O4/c1-8(13)4-9(6-11)2-3-10(5-8,7-12)14-9/h11-13H,2-7H2,1H3/t8?,9-,10+. The molecule has 0 aromatic rings. The van der Waals surface area contributed by atoms with Crippen molar-refractivity contribution in [1.82, 2.24) is 0 Å². The van der Waals surface area contributed by atoms with Crippen LogP contribution in [0.5, 0.6) is 0 Å². The maximum atomic E-state index is 10.0. The van der Waals surface area contributed by atoms with Crippen LogP contribution in [0.3, 0.4) is 0 Å². The van der Waals surface area contributed by atoms with Gasteiger partial charge in [-0.15, -0.1) is 0 Å². The van der Waals surface area contributed by atoms with Crippen molar-refractivity contribution in [2.24, 2.45) is 0 Å². The van der Waals surface area contributed by atoms with Gasteiger partial charge in [-0.1, -0.05) is 0 Å². The molecule has 4 heteroatoms. The van der Waals surface area contributed by atoms with E-state index in [9.17, 15) is 15.3 Å². The first-order chi connectivity index (χ1) is 6.45. The maximum Gasteiger partial charge on any atom is 0.0949 e. The molecule has 2 aliphatic rings. The van der Waals surface area contributed by atoms with Crippen LogP contribution >= 0.6 is 0 Å². The zero-order valence-electron chi connectivity index (χ0n) is 8.49.